The summed E-state index contributed by atoms with van der Waals surface area (Å²) in [4.78, 5) is 0. The standard InChI is InChI=1S/C15H28O5/c1-2-3-4-5-6-7-8-9-19-15-12(17)11-20-13(10-16)14(15)18/h7-8,12-18H,2-6,9-11H2,1H3/b8-7+/t12-,13+,14+,15+/m0/s1. The van der Waals surface area contributed by atoms with Gasteiger partial charge >= 0.3 is 0 Å². The van der Waals surface area contributed by atoms with E-state index in [9.17, 15) is 10.2 Å². The van der Waals surface area contributed by atoms with Gasteiger partial charge in [-0.3, -0.25) is 0 Å². The van der Waals surface area contributed by atoms with Crippen LogP contribution in [0.15, 0.2) is 12.2 Å². The molecule has 0 radical (unpaired) electrons. The average Bonchev–Trinajstić information content (AvgIpc) is 2.45. The SMILES string of the molecule is CCCCCC/C=C/CO[C@H]1[C@H](O)[C@@H](CO)OC[C@@H]1O. The van der Waals surface area contributed by atoms with Crippen molar-refractivity contribution in [3.8, 4) is 0 Å². The first-order chi connectivity index (χ1) is 9.70. The lowest BCUT2D eigenvalue weighted by Gasteiger charge is -2.36. The zero-order valence-electron chi connectivity index (χ0n) is 12.3. The molecule has 5 heteroatoms. The quantitative estimate of drug-likeness (QED) is 0.436. The maximum Gasteiger partial charge on any atom is 0.114 e. The van der Waals surface area contributed by atoms with Crippen LogP contribution in [0, 0.1) is 0 Å². The summed E-state index contributed by atoms with van der Waals surface area (Å²) in [6, 6.07) is 0. The number of hydrogen-bond donors (Lipinski definition) is 3. The van der Waals surface area contributed by atoms with Gasteiger partial charge in [0.25, 0.3) is 0 Å². The summed E-state index contributed by atoms with van der Waals surface area (Å²) in [5, 5.41) is 28.7. The second-order valence-corrected chi connectivity index (χ2v) is 5.23. The van der Waals surface area contributed by atoms with Crippen LogP contribution in [-0.4, -0.2) is 59.6 Å². The van der Waals surface area contributed by atoms with Crippen LogP contribution in [-0.2, 0) is 9.47 Å². The molecule has 0 bridgehead atoms. The van der Waals surface area contributed by atoms with Gasteiger partial charge in [0.2, 0.25) is 0 Å². The Morgan fingerprint density at radius 1 is 1.20 bits per heavy atom. The third kappa shape index (κ3) is 5.89. The summed E-state index contributed by atoms with van der Waals surface area (Å²) >= 11 is 0. The summed E-state index contributed by atoms with van der Waals surface area (Å²) in [5.41, 5.74) is 0. The van der Waals surface area contributed by atoms with Gasteiger partial charge in [0, 0.05) is 0 Å². The van der Waals surface area contributed by atoms with Gasteiger partial charge in [-0.1, -0.05) is 38.3 Å². The first-order valence-corrected chi connectivity index (χ1v) is 7.55. The number of aliphatic hydroxyl groups excluding tert-OH is 3. The van der Waals surface area contributed by atoms with Gasteiger partial charge in [0.05, 0.1) is 19.8 Å². The number of rotatable bonds is 9. The largest absolute Gasteiger partial charge is 0.394 e. The average molecular weight is 288 g/mol. The second kappa shape index (κ2) is 10.3. The summed E-state index contributed by atoms with van der Waals surface area (Å²) in [6.07, 6.45) is 6.70. The lowest BCUT2D eigenvalue weighted by molar-refractivity contribution is -0.207. The zero-order valence-corrected chi connectivity index (χ0v) is 12.3. The molecule has 1 rings (SSSR count). The van der Waals surface area contributed by atoms with E-state index in [2.05, 4.69) is 13.0 Å². The molecule has 3 N–H and O–H groups in total. The summed E-state index contributed by atoms with van der Waals surface area (Å²) < 4.78 is 10.6. The van der Waals surface area contributed by atoms with Crippen LogP contribution >= 0.6 is 0 Å². The molecule has 0 spiro atoms. The minimum atomic E-state index is -0.998. The van der Waals surface area contributed by atoms with Gasteiger partial charge in [-0.2, -0.15) is 0 Å². The molecule has 0 aromatic rings. The fourth-order valence-electron chi connectivity index (χ4n) is 2.27. The Balaban J connectivity index is 2.20. The van der Waals surface area contributed by atoms with Crippen molar-refractivity contribution >= 4 is 0 Å². The first kappa shape index (κ1) is 17.6. The van der Waals surface area contributed by atoms with E-state index in [-0.39, 0.29) is 13.2 Å². The molecule has 20 heavy (non-hydrogen) atoms. The molecule has 0 unspecified atom stereocenters. The van der Waals surface area contributed by atoms with E-state index in [0.717, 1.165) is 6.42 Å². The number of allylic oxidation sites excluding steroid dienone is 1. The summed E-state index contributed by atoms with van der Waals surface area (Å²) in [5.74, 6) is 0. The predicted molar refractivity (Wildman–Crippen MR) is 76.5 cm³/mol. The van der Waals surface area contributed by atoms with Crippen molar-refractivity contribution in [2.24, 2.45) is 0 Å². The molecule has 0 saturated carbocycles. The van der Waals surface area contributed by atoms with Crippen molar-refractivity contribution in [3.05, 3.63) is 12.2 Å². The van der Waals surface area contributed by atoms with E-state index in [4.69, 9.17) is 14.6 Å². The highest BCUT2D eigenvalue weighted by Gasteiger charge is 2.38. The molecule has 1 aliphatic rings. The predicted octanol–water partition coefficient (Wildman–Crippen LogP) is 1.01. The Labute approximate surface area is 121 Å². The van der Waals surface area contributed by atoms with Crippen molar-refractivity contribution in [2.45, 2.75) is 63.4 Å². The van der Waals surface area contributed by atoms with E-state index in [1.807, 2.05) is 6.08 Å². The molecule has 0 amide bonds. The van der Waals surface area contributed by atoms with Crippen LogP contribution in [0.3, 0.4) is 0 Å². The molecular weight excluding hydrogens is 260 g/mol. The summed E-state index contributed by atoms with van der Waals surface area (Å²) in [7, 11) is 0. The van der Waals surface area contributed by atoms with Crippen molar-refractivity contribution in [3.63, 3.8) is 0 Å². The smallest absolute Gasteiger partial charge is 0.114 e. The van der Waals surface area contributed by atoms with Crippen LogP contribution in [0.2, 0.25) is 0 Å². The Morgan fingerprint density at radius 3 is 2.70 bits per heavy atom. The van der Waals surface area contributed by atoms with E-state index in [1.54, 1.807) is 0 Å². The molecule has 118 valence electrons. The molecular formula is C15H28O5. The maximum atomic E-state index is 9.90. The van der Waals surface area contributed by atoms with Crippen molar-refractivity contribution in [1.82, 2.24) is 0 Å². The van der Waals surface area contributed by atoms with E-state index in [1.165, 1.54) is 25.7 Å². The monoisotopic (exact) mass is 288 g/mol. The van der Waals surface area contributed by atoms with Crippen LogP contribution in [0.25, 0.3) is 0 Å². The van der Waals surface area contributed by atoms with Crippen molar-refractivity contribution in [1.29, 1.82) is 0 Å². The van der Waals surface area contributed by atoms with Gasteiger partial charge < -0.3 is 24.8 Å². The topological polar surface area (TPSA) is 79.2 Å². The van der Waals surface area contributed by atoms with Gasteiger partial charge in [-0.15, -0.1) is 0 Å². The number of ether oxygens (including phenoxy) is 2. The number of aliphatic hydroxyl groups is 3. The van der Waals surface area contributed by atoms with E-state index >= 15 is 0 Å². The highest BCUT2D eigenvalue weighted by Crippen LogP contribution is 2.18. The Hall–Kier alpha value is -0.460. The summed E-state index contributed by atoms with van der Waals surface area (Å²) in [6.45, 7) is 2.34. The molecule has 0 aromatic carbocycles. The first-order valence-electron chi connectivity index (χ1n) is 7.55. The highest BCUT2D eigenvalue weighted by atomic mass is 16.6. The van der Waals surface area contributed by atoms with Crippen LogP contribution in [0.1, 0.15) is 39.0 Å². The zero-order chi connectivity index (χ0) is 14.8. The molecule has 1 heterocycles. The second-order valence-electron chi connectivity index (χ2n) is 5.23. The normalized spacial score (nSPS) is 31.0. The molecule has 1 fully saturated rings. The minimum absolute atomic E-state index is 0.0771. The van der Waals surface area contributed by atoms with Crippen LogP contribution in [0.5, 0.6) is 0 Å². The Morgan fingerprint density at radius 2 is 2.00 bits per heavy atom. The lowest BCUT2D eigenvalue weighted by Crippen LogP contribution is -2.55. The van der Waals surface area contributed by atoms with E-state index < -0.39 is 24.4 Å². The molecule has 0 aromatic heterocycles. The van der Waals surface area contributed by atoms with Crippen molar-refractivity contribution in [2.75, 3.05) is 19.8 Å². The molecule has 1 aliphatic heterocycles. The third-order valence-electron chi connectivity index (χ3n) is 3.53. The van der Waals surface area contributed by atoms with Crippen LogP contribution < -0.4 is 0 Å². The fraction of sp³-hybridized carbons (Fsp3) is 0.867. The number of unbranched alkanes of at least 4 members (excludes halogenated alkanes) is 4. The Bertz CT molecular complexity index is 269. The highest BCUT2D eigenvalue weighted by molar-refractivity contribution is 4.89. The lowest BCUT2D eigenvalue weighted by atomic mass is 10.0. The minimum Gasteiger partial charge on any atom is -0.394 e. The van der Waals surface area contributed by atoms with Gasteiger partial charge in [-0.05, 0) is 12.8 Å². The number of hydrogen-bond acceptors (Lipinski definition) is 5. The molecule has 4 atom stereocenters. The van der Waals surface area contributed by atoms with Gasteiger partial charge in [-0.25, -0.2) is 0 Å². The third-order valence-corrected chi connectivity index (χ3v) is 3.53. The Kier molecular flexibility index (Phi) is 9.05. The molecule has 0 aliphatic carbocycles. The van der Waals surface area contributed by atoms with Crippen LogP contribution in [0.4, 0.5) is 0 Å². The van der Waals surface area contributed by atoms with Crippen molar-refractivity contribution < 1.29 is 24.8 Å². The van der Waals surface area contributed by atoms with E-state index in [0.29, 0.717) is 6.61 Å². The fourth-order valence-corrected chi connectivity index (χ4v) is 2.27. The van der Waals surface area contributed by atoms with Gasteiger partial charge in [0.15, 0.2) is 0 Å². The molecule has 1 saturated heterocycles. The molecule has 5 nitrogen and oxygen atoms in total. The van der Waals surface area contributed by atoms with Gasteiger partial charge in [0.1, 0.15) is 24.4 Å². The maximum absolute atomic E-state index is 9.90.